The average molecular weight is 353 g/mol. The molecule has 7 heteroatoms. The Kier molecular flexibility index (Phi) is 4.30. The number of furan rings is 1. The van der Waals surface area contributed by atoms with Crippen molar-refractivity contribution >= 4 is 5.97 Å². The zero-order valence-electron chi connectivity index (χ0n) is 14.4. The summed E-state index contributed by atoms with van der Waals surface area (Å²) in [7, 11) is 0. The van der Waals surface area contributed by atoms with E-state index < -0.39 is 5.97 Å². The van der Waals surface area contributed by atoms with Gasteiger partial charge in [-0.15, -0.1) is 0 Å². The minimum absolute atomic E-state index is 0.237. The Morgan fingerprint density at radius 1 is 1.31 bits per heavy atom. The van der Waals surface area contributed by atoms with Crippen LogP contribution in [-0.4, -0.2) is 39.2 Å². The summed E-state index contributed by atoms with van der Waals surface area (Å²) in [6.07, 6.45) is 0.969. The number of rotatable bonds is 5. The first kappa shape index (κ1) is 16.5. The van der Waals surface area contributed by atoms with Crippen molar-refractivity contribution in [2.24, 2.45) is 0 Å². The molecule has 0 aliphatic carbocycles. The maximum atomic E-state index is 11.4. The van der Waals surface area contributed by atoms with Gasteiger partial charge in [-0.2, -0.15) is 4.98 Å². The van der Waals surface area contributed by atoms with E-state index in [9.17, 15) is 9.90 Å². The highest BCUT2D eigenvalue weighted by Gasteiger charge is 2.28. The highest BCUT2D eigenvalue weighted by molar-refractivity contribution is 5.95. The standard InChI is InChI=1S/C19H19N3O4/c1-12-20-18(26-21-12)13-8-9-22(10-13)11-14-6-7-17(25-14)15-4-2-3-5-16(15)19(23)24/h2-7,13H,8-11H2,1H3,(H,23,24). The summed E-state index contributed by atoms with van der Waals surface area (Å²) >= 11 is 0. The lowest BCUT2D eigenvalue weighted by atomic mass is 10.1. The first-order valence-electron chi connectivity index (χ1n) is 8.54. The number of aromatic nitrogens is 2. The van der Waals surface area contributed by atoms with Gasteiger partial charge in [0.1, 0.15) is 11.5 Å². The molecule has 1 atom stereocenters. The number of aromatic carboxylic acids is 1. The lowest BCUT2D eigenvalue weighted by molar-refractivity contribution is 0.0697. The molecule has 0 bridgehead atoms. The quantitative estimate of drug-likeness (QED) is 0.752. The lowest BCUT2D eigenvalue weighted by Gasteiger charge is -2.13. The van der Waals surface area contributed by atoms with Crippen molar-refractivity contribution < 1.29 is 18.8 Å². The Morgan fingerprint density at radius 2 is 2.15 bits per heavy atom. The van der Waals surface area contributed by atoms with Crippen LogP contribution in [0.3, 0.4) is 0 Å². The zero-order chi connectivity index (χ0) is 18.1. The SMILES string of the molecule is Cc1noc(C2CCN(Cc3ccc(-c4ccccc4C(=O)O)o3)C2)n1. The van der Waals surface area contributed by atoms with Crippen molar-refractivity contribution in [3.05, 3.63) is 59.4 Å². The Morgan fingerprint density at radius 3 is 2.92 bits per heavy atom. The Balaban J connectivity index is 1.46. The number of benzene rings is 1. The number of likely N-dealkylation sites (tertiary alicyclic amines) is 1. The van der Waals surface area contributed by atoms with E-state index in [1.807, 2.05) is 19.1 Å². The van der Waals surface area contributed by atoms with Crippen LogP contribution in [0.4, 0.5) is 0 Å². The van der Waals surface area contributed by atoms with Gasteiger partial charge >= 0.3 is 5.97 Å². The third kappa shape index (κ3) is 3.25. The molecule has 0 spiro atoms. The molecule has 1 aromatic carbocycles. The molecule has 3 heterocycles. The van der Waals surface area contributed by atoms with Gasteiger partial charge in [0.25, 0.3) is 0 Å². The third-order valence-electron chi connectivity index (χ3n) is 4.63. The average Bonchev–Trinajstić information content (AvgIpc) is 3.36. The van der Waals surface area contributed by atoms with Crippen LogP contribution in [0.25, 0.3) is 11.3 Å². The maximum Gasteiger partial charge on any atom is 0.336 e. The molecule has 4 rings (SSSR count). The second-order valence-corrected chi connectivity index (χ2v) is 6.52. The molecule has 26 heavy (non-hydrogen) atoms. The maximum absolute atomic E-state index is 11.4. The molecule has 1 unspecified atom stereocenters. The van der Waals surface area contributed by atoms with Gasteiger partial charge in [0, 0.05) is 12.1 Å². The Labute approximate surface area is 150 Å². The fourth-order valence-electron chi connectivity index (χ4n) is 3.37. The minimum Gasteiger partial charge on any atom is -0.478 e. The van der Waals surface area contributed by atoms with Gasteiger partial charge in [0.15, 0.2) is 5.82 Å². The molecule has 3 aromatic rings. The predicted molar refractivity (Wildman–Crippen MR) is 92.8 cm³/mol. The molecule has 7 nitrogen and oxygen atoms in total. The van der Waals surface area contributed by atoms with E-state index in [0.29, 0.717) is 29.6 Å². The smallest absolute Gasteiger partial charge is 0.336 e. The van der Waals surface area contributed by atoms with Crippen LogP contribution in [-0.2, 0) is 6.54 Å². The number of carboxylic acids is 1. The van der Waals surface area contributed by atoms with Crippen LogP contribution in [0, 0.1) is 6.92 Å². The van der Waals surface area contributed by atoms with Gasteiger partial charge in [0.2, 0.25) is 5.89 Å². The van der Waals surface area contributed by atoms with Crippen LogP contribution < -0.4 is 0 Å². The largest absolute Gasteiger partial charge is 0.478 e. The first-order valence-corrected chi connectivity index (χ1v) is 8.54. The number of hydrogen-bond donors (Lipinski definition) is 1. The number of nitrogens with zero attached hydrogens (tertiary/aromatic N) is 3. The van der Waals surface area contributed by atoms with Crippen molar-refractivity contribution in [3.63, 3.8) is 0 Å². The molecule has 1 saturated heterocycles. The molecule has 1 N–H and O–H groups in total. The molecule has 2 aromatic heterocycles. The van der Waals surface area contributed by atoms with E-state index in [-0.39, 0.29) is 11.5 Å². The molecular formula is C19H19N3O4. The number of carbonyl (C=O) groups is 1. The van der Waals surface area contributed by atoms with Crippen molar-refractivity contribution in [2.45, 2.75) is 25.8 Å². The molecule has 0 saturated carbocycles. The molecule has 134 valence electrons. The summed E-state index contributed by atoms with van der Waals surface area (Å²) in [6.45, 7) is 4.25. The van der Waals surface area contributed by atoms with Crippen LogP contribution in [0.1, 0.15) is 40.2 Å². The van der Waals surface area contributed by atoms with E-state index >= 15 is 0 Å². The van der Waals surface area contributed by atoms with Gasteiger partial charge in [0.05, 0.1) is 18.0 Å². The van der Waals surface area contributed by atoms with Crippen LogP contribution in [0.15, 0.2) is 45.3 Å². The van der Waals surface area contributed by atoms with Gasteiger partial charge in [-0.1, -0.05) is 23.4 Å². The van der Waals surface area contributed by atoms with Crippen molar-refractivity contribution in [2.75, 3.05) is 13.1 Å². The Hall–Kier alpha value is -2.93. The molecule has 1 aliphatic rings. The van der Waals surface area contributed by atoms with Crippen molar-refractivity contribution in [1.82, 2.24) is 15.0 Å². The molecule has 0 amide bonds. The van der Waals surface area contributed by atoms with Gasteiger partial charge in [-0.05, 0) is 38.1 Å². The van der Waals surface area contributed by atoms with E-state index in [1.54, 1.807) is 24.3 Å². The van der Waals surface area contributed by atoms with Gasteiger partial charge < -0.3 is 14.0 Å². The summed E-state index contributed by atoms with van der Waals surface area (Å²) in [5.41, 5.74) is 0.827. The van der Waals surface area contributed by atoms with Crippen LogP contribution >= 0.6 is 0 Å². The topological polar surface area (TPSA) is 92.6 Å². The van der Waals surface area contributed by atoms with E-state index in [2.05, 4.69) is 15.0 Å². The molecule has 1 fully saturated rings. The van der Waals surface area contributed by atoms with Gasteiger partial charge in [-0.25, -0.2) is 4.79 Å². The van der Waals surface area contributed by atoms with Crippen molar-refractivity contribution in [3.8, 4) is 11.3 Å². The van der Waals surface area contributed by atoms with Crippen LogP contribution in [0.5, 0.6) is 0 Å². The highest BCUT2D eigenvalue weighted by Crippen LogP contribution is 2.29. The fourth-order valence-corrected chi connectivity index (χ4v) is 3.37. The Bertz CT molecular complexity index is 930. The third-order valence-corrected chi connectivity index (χ3v) is 4.63. The summed E-state index contributed by atoms with van der Waals surface area (Å²) in [5.74, 6) is 2.02. The lowest BCUT2D eigenvalue weighted by Crippen LogP contribution is -2.19. The number of carboxylic acid groups (broad SMARTS) is 1. The first-order chi connectivity index (χ1) is 12.6. The van der Waals surface area contributed by atoms with E-state index in [1.165, 1.54) is 0 Å². The van der Waals surface area contributed by atoms with E-state index in [0.717, 1.165) is 25.3 Å². The molecule has 1 aliphatic heterocycles. The normalized spacial score (nSPS) is 17.7. The minimum atomic E-state index is -0.962. The highest BCUT2D eigenvalue weighted by atomic mass is 16.5. The monoisotopic (exact) mass is 353 g/mol. The number of hydrogen-bond acceptors (Lipinski definition) is 6. The van der Waals surface area contributed by atoms with Gasteiger partial charge in [-0.3, -0.25) is 4.90 Å². The zero-order valence-corrected chi connectivity index (χ0v) is 14.4. The summed E-state index contributed by atoms with van der Waals surface area (Å²) in [4.78, 5) is 18.0. The van der Waals surface area contributed by atoms with Crippen molar-refractivity contribution in [1.29, 1.82) is 0 Å². The predicted octanol–water partition coefficient (Wildman–Crippen LogP) is 3.33. The number of aryl methyl sites for hydroxylation is 1. The fraction of sp³-hybridized carbons (Fsp3) is 0.316. The summed E-state index contributed by atoms with van der Waals surface area (Å²) in [6, 6.07) is 10.6. The van der Waals surface area contributed by atoms with E-state index in [4.69, 9.17) is 8.94 Å². The summed E-state index contributed by atoms with van der Waals surface area (Å²) < 4.78 is 11.2. The van der Waals surface area contributed by atoms with Crippen LogP contribution in [0.2, 0.25) is 0 Å². The molecular weight excluding hydrogens is 334 g/mol. The summed E-state index contributed by atoms with van der Waals surface area (Å²) in [5, 5.41) is 13.2. The molecule has 0 radical (unpaired) electrons. The second kappa shape index (κ2) is 6.76. The second-order valence-electron chi connectivity index (χ2n) is 6.52.